The van der Waals surface area contributed by atoms with Gasteiger partial charge in [-0.1, -0.05) is 60.7 Å². The average molecular weight is 382 g/mol. The predicted octanol–water partition coefficient (Wildman–Crippen LogP) is 2.14. The molecule has 2 aromatic rings. The van der Waals surface area contributed by atoms with E-state index in [9.17, 15) is 19.8 Å². The van der Waals surface area contributed by atoms with E-state index in [1.54, 1.807) is 0 Å². The summed E-state index contributed by atoms with van der Waals surface area (Å²) in [5.74, 6) is -1.11. The fourth-order valence-corrected chi connectivity index (χ4v) is 4.19. The molecule has 6 nitrogen and oxygen atoms in total. The van der Waals surface area contributed by atoms with Gasteiger partial charge in [-0.3, -0.25) is 4.48 Å². The zero-order valence-electron chi connectivity index (χ0n) is 16.0. The molecule has 1 aliphatic heterocycles. The maximum absolute atomic E-state index is 12.3. The Labute approximate surface area is 165 Å². The maximum Gasteiger partial charge on any atom is 0.365 e. The minimum atomic E-state index is -1.48. The molecule has 1 aliphatic rings. The van der Waals surface area contributed by atoms with Crippen LogP contribution in [0.5, 0.6) is 0 Å². The number of piperidine rings is 1. The molecule has 3 unspecified atom stereocenters. The quantitative estimate of drug-likeness (QED) is 0.747. The lowest BCUT2D eigenvalue weighted by Gasteiger charge is -2.53. The first kappa shape index (κ1) is 20.0. The number of carboxylic acid groups (broad SMARTS) is 2. The fraction of sp³-hybridized carbons (Fsp3) is 0.364. The van der Waals surface area contributed by atoms with Gasteiger partial charge < -0.3 is 20.3 Å². The molecule has 6 heteroatoms. The third kappa shape index (κ3) is 3.79. The summed E-state index contributed by atoms with van der Waals surface area (Å²) in [4.78, 5) is 24.5. The molecule has 0 bridgehead atoms. The standard InChI is InChI=1S/C22H26N2O4/c1-22(20(25)26)14-19(23-15-17-8-4-2-5-9-17)12-13-24(22,21(27)28)16-18-10-6-3-7-11-18/h2-11,19,23H,12-16H2,1H3,(H-,25,26,27,28). The Morgan fingerprint density at radius 2 is 1.68 bits per heavy atom. The first-order valence-corrected chi connectivity index (χ1v) is 9.51. The molecule has 28 heavy (non-hydrogen) atoms. The van der Waals surface area contributed by atoms with Crippen LogP contribution in [-0.2, 0) is 17.9 Å². The summed E-state index contributed by atoms with van der Waals surface area (Å²) >= 11 is 0. The maximum atomic E-state index is 12.3. The number of quaternary nitrogens is 1. The number of carbonyl (C=O) groups excluding carboxylic acids is 1. The predicted molar refractivity (Wildman–Crippen MR) is 103 cm³/mol. The first-order valence-electron chi connectivity index (χ1n) is 9.51. The van der Waals surface area contributed by atoms with Crippen molar-refractivity contribution in [2.45, 2.75) is 44.4 Å². The molecule has 1 saturated heterocycles. The SMILES string of the molecule is CC1(C(=O)O)CC(NCc2ccccc2)CC[N+]1(Cc1ccccc1)C(=O)[O-]. The van der Waals surface area contributed by atoms with Gasteiger partial charge in [-0.25, -0.2) is 4.79 Å². The summed E-state index contributed by atoms with van der Waals surface area (Å²) in [6, 6.07) is 18.9. The largest absolute Gasteiger partial charge is 0.498 e. The Bertz CT molecular complexity index is 827. The van der Waals surface area contributed by atoms with Gasteiger partial charge in [0, 0.05) is 37.9 Å². The van der Waals surface area contributed by atoms with Crippen LogP contribution in [0.15, 0.2) is 60.7 Å². The van der Waals surface area contributed by atoms with Crippen LogP contribution in [0.25, 0.3) is 0 Å². The highest BCUT2D eigenvalue weighted by Crippen LogP contribution is 2.38. The lowest BCUT2D eigenvalue weighted by Crippen LogP contribution is -2.75. The summed E-state index contributed by atoms with van der Waals surface area (Å²) in [7, 11) is 0. The number of nitrogens with zero attached hydrogens (tertiary/aromatic N) is 1. The lowest BCUT2D eigenvalue weighted by molar-refractivity contribution is -0.932. The zero-order valence-corrected chi connectivity index (χ0v) is 16.0. The van der Waals surface area contributed by atoms with E-state index in [1.165, 1.54) is 6.92 Å². The first-order chi connectivity index (χ1) is 13.4. The van der Waals surface area contributed by atoms with E-state index in [2.05, 4.69) is 5.32 Å². The average Bonchev–Trinajstić information content (AvgIpc) is 2.69. The number of hydrogen-bond acceptors (Lipinski definition) is 4. The van der Waals surface area contributed by atoms with Gasteiger partial charge >= 0.3 is 5.97 Å². The fourth-order valence-electron chi connectivity index (χ4n) is 4.19. The monoisotopic (exact) mass is 382 g/mol. The minimum absolute atomic E-state index is 0.0809. The molecule has 0 aromatic heterocycles. The summed E-state index contributed by atoms with van der Waals surface area (Å²) < 4.78 is -0.601. The number of nitrogens with one attached hydrogen (secondary N) is 1. The zero-order chi connectivity index (χ0) is 20.2. The van der Waals surface area contributed by atoms with Crippen LogP contribution in [0.3, 0.4) is 0 Å². The molecule has 0 spiro atoms. The van der Waals surface area contributed by atoms with Crippen molar-refractivity contribution < 1.29 is 24.3 Å². The van der Waals surface area contributed by atoms with Crippen LogP contribution in [0.2, 0.25) is 0 Å². The Morgan fingerprint density at radius 1 is 1.11 bits per heavy atom. The molecule has 3 rings (SSSR count). The van der Waals surface area contributed by atoms with E-state index in [0.717, 1.165) is 11.1 Å². The Balaban J connectivity index is 1.83. The highest BCUT2D eigenvalue weighted by molar-refractivity contribution is 5.79. The summed E-state index contributed by atoms with van der Waals surface area (Å²) in [6.45, 7) is 2.44. The van der Waals surface area contributed by atoms with Crippen molar-refractivity contribution in [1.29, 1.82) is 0 Å². The van der Waals surface area contributed by atoms with Crippen LogP contribution in [0, 0.1) is 0 Å². The molecule has 2 N–H and O–H groups in total. The number of likely N-dealkylation sites (tertiary alicyclic amines) is 1. The van der Waals surface area contributed by atoms with Crippen molar-refractivity contribution >= 4 is 12.1 Å². The van der Waals surface area contributed by atoms with E-state index in [4.69, 9.17) is 0 Å². The summed E-state index contributed by atoms with van der Waals surface area (Å²) in [6.07, 6.45) is -0.553. The normalized spacial score (nSPS) is 27.2. The summed E-state index contributed by atoms with van der Waals surface area (Å²) in [5.41, 5.74) is 0.409. The van der Waals surface area contributed by atoms with Crippen molar-refractivity contribution in [3.63, 3.8) is 0 Å². The van der Waals surface area contributed by atoms with Gasteiger partial charge in [0.15, 0.2) is 0 Å². The third-order valence-corrected chi connectivity index (χ3v) is 5.99. The smallest absolute Gasteiger partial charge is 0.365 e. The van der Waals surface area contributed by atoms with Gasteiger partial charge in [0.1, 0.15) is 6.54 Å². The van der Waals surface area contributed by atoms with Gasteiger partial charge in [0.25, 0.3) is 6.09 Å². The molecule has 1 heterocycles. The number of carboxylic acids is 1. The van der Waals surface area contributed by atoms with Crippen molar-refractivity contribution in [2.75, 3.05) is 6.54 Å². The van der Waals surface area contributed by atoms with Crippen LogP contribution < -0.4 is 10.4 Å². The number of aliphatic carboxylic acids is 1. The second-order valence-corrected chi connectivity index (χ2v) is 7.74. The molecule has 1 fully saturated rings. The Kier molecular flexibility index (Phi) is 5.82. The molecule has 0 radical (unpaired) electrons. The molecule has 0 saturated carbocycles. The third-order valence-electron chi connectivity index (χ3n) is 5.99. The van der Waals surface area contributed by atoms with Crippen molar-refractivity contribution in [1.82, 2.24) is 5.32 Å². The van der Waals surface area contributed by atoms with E-state index < -0.39 is 22.1 Å². The van der Waals surface area contributed by atoms with Gasteiger partial charge in [-0.2, -0.15) is 0 Å². The highest BCUT2D eigenvalue weighted by atomic mass is 16.4. The topological polar surface area (TPSA) is 89.5 Å². The van der Waals surface area contributed by atoms with Crippen molar-refractivity contribution in [3.05, 3.63) is 71.8 Å². The molecular weight excluding hydrogens is 356 g/mol. The Hall–Kier alpha value is -2.70. The highest BCUT2D eigenvalue weighted by Gasteiger charge is 2.58. The number of amides is 1. The van der Waals surface area contributed by atoms with Crippen LogP contribution in [0.4, 0.5) is 4.79 Å². The van der Waals surface area contributed by atoms with Gasteiger partial charge in [-0.05, 0) is 5.56 Å². The molecule has 2 aromatic carbocycles. The summed E-state index contributed by atoms with van der Waals surface area (Å²) in [5, 5.41) is 25.7. The van der Waals surface area contributed by atoms with E-state index in [-0.39, 0.29) is 25.6 Å². The molecule has 0 aliphatic carbocycles. The van der Waals surface area contributed by atoms with Crippen LogP contribution in [0.1, 0.15) is 30.9 Å². The molecule has 1 amide bonds. The number of hydrogen-bond donors (Lipinski definition) is 2. The van der Waals surface area contributed by atoms with Gasteiger partial charge in [0.2, 0.25) is 5.54 Å². The molecular formula is C22H26N2O4. The van der Waals surface area contributed by atoms with Crippen molar-refractivity contribution in [3.8, 4) is 0 Å². The molecule has 3 atom stereocenters. The van der Waals surface area contributed by atoms with Crippen LogP contribution in [-0.4, -0.2) is 39.8 Å². The number of rotatable bonds is 6. The van der Waals surface area contributed by atoms with Crippen LogP contribution >= 0.6 is 0 Å². The number of carbonyl (C=O) groups is 2. The van der Waals surface area contributed by atoms with Gasteiger partial charge in [0.05, 0.1) is 6.54 Å². The Morgan fingerprint density at radius 3 is 2.21 bits per heavy atom. The lowest BCUT2D eigenvalue weighted by atomic mass is 9.81. The van der Waals surface area contributed by atoms with E-state index in [0.29, 0.717) is 13.0 Å². The second-order valence-electron chi connectivity index (χ2n) is 7.74. The number of benzene rings is 2. The minimum Gasteiger partial charge on any atom is -0.498 e. The van der Waals surface area contributed by atoms with Crippen molar-refractivity contribution in [2.24, 2.45) is 0 Å². The van der Waals surface area contributed by atoms with Gasteiger partial charge in [-0.15, -0.1) is 0 Å². The second kappa shape index (κ2) is 8.12. The van der Waals surface area contributed by atoms with E-state index in [1.807, 2.05) is 60.7 Å². The van der Waals surface area contributed by atoms with E-state index >= 15 is 0 Å². The molecule has 148 valence electrons.